The first-order valence-corrected chi connectivity index (χ1v) is 15.0. The van der Waals surface area contributed by atoms with Crippen LogP contribution in [0.3, 0.4) is 0 Å². The second kappa shape index (κ2) is 14.2. The fourth-order valence-corrected chi connectivity index (χ4v) is 6.03. The Morgan fingerprint density at radius 1 is 1.00 bits per heavy atom. The van der Waals surface area contributed by atoms with Crippen molar-refractivity contribution in [3.8, 4) is 5.75 Å². The minimum Gasteiger partial charge on any atom is -0.495 e. The van der Waals surface area contributed by atoms with Gasteiger partial charge in [0.1, 0.15) is 18.3 Å². The lowest BCUT2D eigenvalue weighted by Gasteiger charge is -2.33. The van der Waals surface area contributed by atoms with E-state index in [0.29, 0.717) is 18.7 Å². The number of anilines is 1. The van der Waals surface area contributed by atoms with E-state index in [1.165, 1.54) is 36.3 Å². The van der Waals surface area contributed by atoms with Crippen molar-refractivity contribution in [2.75, 3.05) is 24.5 Å². The third-order valence-electron chi connectivity index (χ3n) is 6.40. The van der Waals surface area contributed by atoms with Crippen molar-refractivity contribution in [1.29, 1.82) is 0 Å². The van der Waals surface area contributed by atoms with Gasteiger partial charge in [0.2, 0.25) is 11.8 Å². The van der Waals surface area contributed by atoms with Gasteiger partial charge in [0.05, 0.1) is 22.7 Å². The number of hydrogen-bond donors (Lipinski definition) is 1. The molecule has 40 heavy (non-hydrogen) atoms. The van der Waals surface area contributed by atoms with Gasteiger partial charge >= 0.3 is 0 Å². The van der Waals surface area contributed by atoms with Crippen molar-refractivity contribution in [2.45, 2.75) is 51.1 Å². The van der Waals surface area contributed by atoms with Crippen LogP contribution in [0.25, 0.3) is 0 Å². The zero-order chi connectivity index (χ0) is 29.3. The Kier molecular flexibility index (Phi) is 11.0. The van der Waals surface area contributed by atoms with Gasteiger partial charge in [0.25, 0.3) is 10.0 Å². The first-order valence-electron chi connectivity index (χ1n) is 13.2. The number of halogens is 1. The lowest BCUT2D eigenvalue weighted by molar-refractivity contribution is -0.140. The van der Waals surface area contributed by atoms with Crippen LogP contribution in [-0.2, 0) is 26.2 Å². The van der Waals surface area contributed by atoms with Crippen LogP contribution in [0.1, 0.15) is 37.8 Å². The van der Waals surface area contributed by atoms with Gasteiger partial charge in [-0.25, -0.2) is 8.42 Å². The van der Waals surface area contributed by atoms with Crippen molar-refractivity contribution in [3.63, 3.8) is 0 Å². The number of aryl methyl sites for hydroxylation is 1. The predicted octanol–water partition coefficient (Wildman–Crippen LogP) is 5.19. The fourth-order valence-electron chi connectivity index (χ4n) is 4.35. The Labute approximate surface area is 241 Å². The van der Waals surface area contributed by atoms with Crippen molar-refractivity contribution < 1.29 is 22.7 Å². The largest absolute Gasteiger partial charge is 0.495 e. The van der Waals surface area contributed by atoms with Crippen molar-refractivity contribution in [1.82, 2.24) is 10.2 Å². The Bertz CT molecular complexity index is 1420. The van der Waals surface area contributed by atoms with E-state index < -0.39 is 28.5 Å². The molecule has 3 aromatic carbocycles. The monoisotopic (exact) mass is 585 g/mol. The summed E-state index contributed by atoms with van der Waals surface area (Å²) in [4.78, 5) is 28.7. The highest BCUT2D eigenvalue weighted by atomic mass is 35.5. The molecular weight excluding hydrogens is 550 g/mol. The molecule has 1 unspecified atom stereocenters. The van der Waals surface area contributed by atoms with Crippen LogP contribution >= 0.6 is 11.6 Å². The Balaban J connectivity index is 2.07. The van der Waals surface area contributed by atoms with E-state index in [0.717, 1.165) is 21.9 Å². The molecule has 0 saturated carbocycles. The SMILES string of the molecule is CCCNC(=O)C(CC)N(Cc1cccc(C)c1)C(=O)CN(c1ccc(OC)c(Cl)c1)S(=O)(=O)c1ccccc1. The van der Waals surface area contributed by atoms with Gasteiger partial charge in [0, 0.05) is 13.1 Å². The molecule has 3 rings (SSSR count). The molecule has 0 radical (unpaired) electrons. The summed E-state index contributed by atoms with van der Waals surface area (Å²) >= 11 is 6.36. The molecular formula is C30H36ClN3O5S. The molecule has 0 aliphatic rings. The van der Waals surface area contributed by atoms with E-state index >= 15 is 0 Å². The van der Waals surface area contributed by atoms with Crippen LogP contribution in [0, 0.1) is 6.92 Å². The lowest BCUT2D eigenvalue weighted by atomic mass is 10.1. The number of sulfonamides is 1. The maximum Gasteiger partial charge on any atom is 0.264 e. The standard InChI is InChI=1S/C30H36ClN3O5S/c1-5-17-32-30(36)27(6-2)33(20-23-12-10-11-22(3)18-23)29(35)21-34(24-15-16-28(39-4)26(31)19-24)40(37,38)25-13-8-7-9-14-25/h7-16,18-19,27H,5-6,17,20-21H2,1-4H3,(H,32,36). The van der Waals surface area contributed by atoms with Gasteiger partial charge in [-0.3, -0.25) is 13.9 Å². The molecule has 1 atom stereocenters. The average molecular weight is 586 g/mol. The predicted molar refractivity (Wildman–Crippen MR) is 158 cm³/mol. The molecule has 0 spiro atoms. The van der Waals surface area contributed by atoms with Crippen LogP contribution in [0.15, 0.2) is 77.7 Å². The van der Waals surface area contributed by atoms with Crippen LogP contribution in [0.5, 0.6) is 5.75 Å². The summed E-state index contributed by atoms with van der Waals surface area (Å²) in [6.07, 6.45) is 1.10. The summed E-state index contributed by atoms with van der Waals surface area (Å²) < 4.78 is 34.0. The first-order chi connectivity index (χ1) is 19.1. The van der Waals surface area contributed by atoms with Gasteiger partial charge < -0.3 is 15.0 Å². The van der Waals surface area contributed by atoms with Gasteiger partial charge in [-0.15, -0.1) is 0 Å². The van der Waals surface area contributed by atoms with E-state index in [9.17, 15) is 18.0 Å². The Hall–Kier alpha value is -3.56. The molecule has 0 aromatic heterocycles. The smallest absolute Gasteiger partial charge is 0.264 e. The van der Waals surface area contributed by atoms with Crippen LogP contribution in [-0.4, -0.2) is 51.4 Å². The number of ether oxygens (including phenoxy) is 1. The number of carbonyl (C=O) groups is 2. The van der Waals surface area contributed by atoms with Crippen molar-refractivity contribution >= 4 is 39.1 Å². The number of rotatable bonds is 13. The highest BCUT2D eigenvalue weighted by Crippen LogP contribution is 2.32. The summed E-state index contributed by atoms with van der Waals surface area (Å²) in [5.74, 6) is -0.435. The van der Waals surface area contributed by atoms with Crippen LogP contribution < -0.4 is 14.4 Å². The first kappa shape index (κ1) is 31.0. The lowest BCUT2D eigenvalue weighted by Crippen LogP contribution is -2.52. The van der Waals surface area contributed by atoms with Gasteiger partial charge in [0.15, 0.2) is 0 Å². The normalized spacial score (nSPS) is 11.9. The van der Waals surface area contributed by atoms with Gasteiger partial charge in [-0.2, -0.15) is 0 Å². The second-order valence-corrected chi connectivity index (χ2v) is 11.6. The topological polar surface area (TPSA) is 96.0 Å². The third kappa shape index (κ3) is 7.55. The number of methoxy groups -OCH3 is 1. The summed E-state index contributed by atoms with van der Waals surface area (Å²) in [5.41, 5.74) is 2.04. The summed E-state index contributed by atoms with van der Waals surface area (Å²) in [7, 11) is -2.72. The summed E-state index contributed by atoms with van der Waals surface area (Å²) in [5, 5.41) is 3.08. The molecule has 0 fully saturated rings. The van der Waals surface area contributed by atoms with E-state index in [-0.39, 0.29) is 28.1 Å². The van der Waals surface area contributed by atoms with Gasteiger partial charge in [-0.1, -0.05) is 73.5 Å². The van der Waals surface area contributed by atoms with Crippen LogP contribution in [0.4, 0.5) is 5.69 Å². The minimum absolute atomic E-state index is 0.0210. The zero-order valence-electron chi connectivity index (χ0n) is 23.3. The highest BCUT2D eigenvalue weighted by molar-refractivity contribution is 7.92. The molecule has 2 amide bonds. The third-order valence-corrected chi connectivity index (χ3v) is 8.49. The van der Waals surface area contributed by atoms with E-state index in [4.69, 9.17) is 16.3 Å². The molecule has 10 heteroatoms. The van der Waals surface area contributed by atoms with E-state index in [1.54, 1.807) is 24.3 Å². The van der Waals surface area contributed by atoms with Crippen LogP contribution in [0.2, 0.25) is 5.02 Å². The average Bonchev–Trinajstić information content (AvgIpc) is 2.94. The molecule has 0 bridgehead atoms. The summed E-state index contributed by atoms with van der Waals surface area (Å²) in [6.45, 7) is 5.80. The molecule has 8 nitrogen and oxygen atoms in total. The quantitative estimate of drug-likeness (QED) is 0.298. The number of nitrogens with one attached hydrogen (secondary N) is 1. The maximum atomic E-state index is 14.1. The summed E-state index contributed by atoms with van der Waals surface area (Å²) in [6, 6.07) is 19.3. The fraction of sp³-hybridized carbons (Fsp3) is 0.333. The van der Waals surface area contributed by atoms with Crippen molar-refractivity contribution in [3.05, 3.63) is 88.9 Å². The maximum absolute atomic E-state index is 14.1. The second-order valence-electron chi connectivity index (χ2n) is 9.37. The molecule has 3 aromatic rings. The number of nitrogens with zero attached hydrogens (tertiary/aromatic N) is 2. The minimum atomic E-state index is -4.18. The molecule has 214 valence electrons. The molecule has 0 saturated heterocycles. The zero-order valence-corrected chi connectivity index (χ0v) is 24.8. The molecule has 0 aliphatic heterocycles. The van der Waals surface area contributed by atoms with E-state index in [1.807, 2.05) is 45.0 Å². The molecule has 0 heterocycles. The Morgan fingerprint density at radius 2 is 1.73 bits per heavy atom. The number of amides is 2. The van der Waals surface area contributed by atoms with E-state index in [2.05, 4.69) is 5.32 Å². The molecule has 1 N–H and O–H groups in total. The highest BCUT2D eigenvalue weighted by Gasteiger charge is 2.33. The number of hydrogen-bond acceptors (Lipinski definition) is 5. The molecule has 0 aliphatic carbocycles. The number of carbonyl (C=O) groups excluding carboxylic acids is 2. The Morgan fingerprint density at radius 3 is 2.33 bits per heavy atom. The number of benzene rings is 3. The van der Waals surface area contributed by atoms with Gasteiger partial charge in [-0.05, 0) is 55.7 Å². The van der Waals surface area contributed by atoms with Crippen molar-refractivity contribution in [2.24, 2.45) is 0 Å².